The van der Waals surface area contributed by atoms with Gasteiger partial charge in [-0.05, 0) is 54.0 Å². The van der Waals surface area contributed by atoms with Crippen molar-refractivity contribution in [2.24, 2.45) is 5.41 Å². The molecule has 1 heteroatoms. The Morgan fingerprint density at radius 3 is 2.60 bits per heavy atom. The molecule has 0 unspecified atom stereocenters. The first-order valence-corrected chi connectivity index (χ1v) is 7.84. The first-order valence-electron chi connectivity index (χ1n) is 7.84. The van der Waals surface area contributed by atoms with Crippen LogP contribution in [0.2, 0.25) is 0 Å². The number of benzene rings is 2. The van der Waals surface area contributed by atoms with Gasteiger partial charge in [-0.3, -0.25) is 0 Å². The van der Waals surface area contributed by atoms with E-state index in [1.165, 1.54) is 35.6 Å². The standard InChI is InChI=1S/C19H25N/c1-19(2,12-13-20-17-10-11-17)14-16-8-5-7-15-6-3-4-9-18(15)16/h3-9,17,20H,10-14H2,1-2H3. The Bertz CT molecular complexity index is 576. The van der Waals surface area contributed by atoms with Crippen molar-refractivity contribution in [3.05, 3.63) is 48.0 Å². The maximum absolute atomic E-state index is 3.64. The quantitative estimate of drug-likeness (QED) is 0.809. The lowest BCUT2D eigenvalue weighted by Crippen LogP contribution is -2.25. The van der Waals surface area contributed by atoms with Crippen molar-refractivity contribution in [3.63, 3.8) is 0 Å². The predicted octanol–water partition coefficient (Wildman–Crippen LogP) is 4.55. The molecule has 1 aliphatic rings. The zero-order chi connectivity index (χ0) is 14.0. The molecule has 0 saturated heterocycles. The van der Waals surface area contributed by atoms with Gasteiger partial charge in [-0.15, -0.1) is 0 Å². The molecule has 1 N–H and O–H groups in total. The first kappa shape index (κ1) is 13.6. The molecule has 2 aromatic rings. The van der Waals surface area contributed by atoms with Gasteiger partial charge in [-0.1, -0.05) is 56.3 Å². The molecule has 0 atom stereocenters. The molecule has 106 valence electrons. The molecule has 0 aromatic heterocycles. The highest BCUT2D eigenvalue weighted by Crippen LogP contribution is 2.30. The van der Waals surface area contributed by atoms with Gasteiger partial charge in [0.15, 0.2) is 0 Å². The molecule has 0 aliphatic heterocycles. The highest BCUT2D eigenvalue weighted by atomic mass is 14.9. The van der Waals surface area contributed by atoms with Crippen LogP contribution in [-0.4, -0.2) is 12.6 Å². The van der Waals surface area contributed by atoms with Crippen LogP contribution in [0.25, 0.3) is 10.8 Å². The van der Waals surface area contributed by atoms with Crippen molar-refractivity contribution in [2.75, 3.05) is 6.54 Å². The van der Waals surface area contributed by atoms with Crippen LogP contribution in [0.5, 0.6) is 0 Å². The van der Waals surface area contributed by atoms with Crippen LogP contribution in [0.4, 0.5) is 0 Å². The Morgan fingerprint density at radius 2 is 1.80 bits per heavy atom. The molecule has 1 nitrogen and oxygen atoms in total. The number of fused-ring (bicyclic) bond motifs is 1. The van der Waals surface area contributed by atoms with Gasteiger partial charge in [0, 0.05) is 6.04 Å². The third-order valence-electron chi connectivity index (χ3n) is 4.36. The molecule has 20 heavy (non-hydrogen) atoms. The van der Waals surface area contributed by atoms with Crippen molar-refractivity contribution in [1.29, 1.82) is 0 Å². The van der Waals surface area contributed by atoms with Crippen molar-refractivity contribution in [1.82, 2.24) is 5.32 Å². The average molecular weight is 267 g/mol. The Labute approximate surface area is 122 Å². The lowest BCUT2D eigenvalue weighted by molar-refractivity contribution is 0.326. The van der Waals surface area contributed by atoms with E-state index in [0.29, 0.717) is 5.41 Å². The van der Waals surface area contributed by atoms with E-state index in [4.69, 9.17) is 0 Å². The molecule has 1 aliphatic carbocycles. The van der Waals surface area contributed by atoms with Crippen LogP contribution in [0, 0.1) is 5.41 Å². The zero-order valence-electron chi connectivity index (χ0n) is 12.7. The molecular formula is C19H25N. The summed E-state index contributed by atoms with van der Waals surface area (Å²) in [4.78, 5) is 0. The maximum atomic E-state index is 3.64. The van der Waals surface area contributed by atoms with Crippen LogP contribution in [0.15, 0.2) is 42.5 Å². The minimum Gasteiger partial charge on any atom is -0.314 e. The minimum absolute atomic E-state index is 0.353. The summed E-state index contributed by atoms with van der Waals surface area (Å²) in [6.45, 7) is 5.94. The van der Waals surface area contributed by atoms with Gasteiger partial charge in [0.25, 0.3) is 0 Å². The summed E-state index contributed by atoms with van der Waals surface area (Å²) < 4.78 is 0. The van der Waals surface area contributed by atoms with Gasteiger partial charge in [0.2, 0.25) is 0 Å². The summed E-state index contributed by atoms with van der Waals surface area (Å²) in [5.74, 6) is 0. The summed E-state index contributed by atoms with van der Waals surface area (Å²) in [6, 6.07) is 16.2. The topological polar surface area (TPSA) is 12.0 Å². The molecular weight excluding hydrogens is 242 g/mol. The fourth-order valence-corrected chi connectivity index (χ4v) is 2.95. The normalized spacial score (nSPS) is 15.7. The number of hydrogen-bond donors (Lipinski definition) is 1. The number of nitrogens with one attached hydrogen (secondary N) is 1. The average Bonchev–Trinajstić information content (AvgIpc) is 3.23. The van der Waals surface area contributed by atoms with E-state index in [9.17, 15) is 0 Å². The first-order chi connectivity index (χ1) is 9.64. The summed E-state index contributed by atoms with van der Waals surface area (Å²) >= 11 is 0. The lowest BCUT2D eigenvalue weighted by Gasteiger charge is -2.25. The van der Waals surface area contributed by atoms with Gasteiger partial charge >= 0.3 is 0 Å². The monoisotopic (exact) mass is 267 g/mol. The predicted molar refractivity (Wildman–Crippen MR) is 87.1 cm³/mol. The second kappa shape index (κ2) is 5.57. The van der Waals surface area contributed by atoms with Crippen LogP contribution in [0.3, 0.4) is 0 Å². The van der Waals surface area contributed by atoms with Gasteiger partial charge in [0.05, 0.1) is 0 Å². The Hall–Kier alpha value is -1.34. The highest BCUT2D eigenvalue weighted by Gasteiger charge is 2.23. The zero-order valence-corrected chi connectivity index (χ0v) is 12.7. The third-order valence-corrected chi connectivity index (χ3v) is 4.36. The van der Waals surface area contributed by atoms with Crippen LogP contribution >= 0.6 is 0 Å². The second-order valence-corrected chi connectivity index (χ2v) is 6.96. The van der Waals surface area contributed by atoms with Crippen LogP contribution in [0.1, 0.15) is 38.7 Å². The van der Waals surface area contributed by atoms with Gasteiger partial charge < -0.3 is 5.32 Å². The van der Waals surface area contributed by atoms with Crippen molar-refractivity contribution >= 4 is 10.8 Å². The molecule has 3 rings (SSSR count). The number of rotatable bonds is 6. The summed E-state index contributed by atoms with van der Waals surface area (Å²) in [5, 5.41) is 6.41. The summed E-state index contributed by atoms with van der Waals surface area (Å²) in [5.41, 5.74) is 1.84. The Kier molecular flexibility index (Phi) is 3.80. The largest absolute Gasteiger partial charge is 0.314 e. The van der Waals surface area contributed by atoms with Crippen LogP contribution in [-0.2, 0) is 6.42 Å². The van der Waals surface area contributed by atoms with Gasteiger partial charge in [-0.2, -0.15) is 0 Å². The third kappa shape index (κ3) is 3.40. The Morgan fingerprint density at radius 1 is 1.05 bits per heavy atom. The molecule has 0 heterocycles. The maximum Gasteiger partial charge on any atom is 0.00682 e. The van der Waals surface area contributed by atoms with E-state index in [-0.39, 0.29) is 0 Å². The van der Waals surface area contributed by atoms with E-state index in [2.05, 4.69) is 61.6 Å². The molecule has 1 saturated carbocycles. The van der Waals surface area contributed by atoms with Crippen molar-refractivity contribution in [2.45, 2.75) is 45.6 Å². The highest BCUT2D eigenvalue weighted by molar-refractivity contribution is 5.85. The number of hydrogen-bond acceptors (Lipinski definition) is 1. The Balaban J connectivity index is 1.70. The van der Waals surface area contributed by atoms with Crippen molar-refractivity contribution < 1.29 is 0 Å². The molecule has 0 radical (unpaired) electrons. The van der Waals surface area contributed by atoms with E-state index in [1.54, 1.807) is 0 Å². The van der Waals surface area contributed by atoms with E-state index in [0.717, 1.165) is 19.0 Å². The molecule has 0 bridgehead atoms. The fourth-order valence-electron chi connectivity index (χ4n) is 2.95. The molecule has 1 fully saturated rings. The van der Waals surface area contributed by atoms with E-state index in [1.807, 2.05) is 0 Å². The van der Waals surface area contributed by atoms with Crippen LogP contribution < -0.4 is 5.32 Å². The fraction of sp³-hybridized carbons (Fsp3) is 0.474. The van der Waals surface area contributed by atoms with Gasteiger partial charge in [0.1, 0.15) is 0 Å². The van der Waals surface area contributed by atoms with E-state index >= 15 is 0 Å². The smallest absolute Gasteiger partial charge is 0.00682 e. The molecule has 0 amide bonds. The van der Waals surface area contributed by atoms with E-state index < -0.39 is 0 Å². The minimum atomic E-state index is 0.353. The second-order valence-electron chi connectivity index (χ2n) is 6.96. The molecule has 2 aromatic carbocycles. The molecule has 0 spiro atoms. The summed E-state index contributed by atoms with van der Waals surface area (Å²) in [7, 11) is 0. The van der Waals surface area contributed by atoms with Gasteiger partial charge in [-0.25, -0.2) is 0 Å². The SMILES string of the molecule is CC(C)(CCNC1CC1)Cc1cccc2ccccc12. The summed E-state index contributed by atoms with van der Waals surface area (Å²) in [6.07, 6.45) is 5.15. The lowest BCUT2D eigenvalue weighted by atomic mass is 9.81. The van der Waals surface area contributed by atoms with Crippen molar-refractivity contribution in [3.8, 4) is 0 Å².